The van der Waals surface area contributed by atoms with Crippen molar-refractivity contribution in [1.82, 2.24) is 4.98 Å². The zero-order chi connectivity index (χ0) is 26.4. The molecule has 0 saturated carbocycles. The number of benzene rings is 3. The van der Waals surface area contributed by atoms with Crippen LogP contribution in [0.15, 0.2) is 60.8 Å². The number of methoxy groups -OCH3 is 4. The van der Waals surface area contributed by atoms with Crippen molar-refractivity contribution in [3.8, 4) is 28.7 Å². The van der Waals surface area contributed by atoms with Gasteiger partial charge in [-0.1, -0.05) is 30.4 Å². The summed E-state index contributed by atoms with van der Waals surface area (Å²) >= 11 is 0. The Labute approximate surface area is 214 Å². The molecule has 3 aromatic carbocycles. The molecule has 3 N–H and O–H groups in total. The third kappa shape index (κ3) is 5.54. The van der Waals surface area contributed by atoms with E-state index in [1.54, 1.807) is 39.5 Å². The van der Waals surface area contributed by atoms with E-state index in [1.165, 1.54) is 13.2 Å². The summed E-state index contributed by atoms with van der Waals surface area (Å²) in [4.78, 5) is 15.8. The quantitative estimate of drug-likeness (QED) is 0.154. The first-order valence-corrected chi connectivity index (χ1v) is 11.4. The summed E-state index contributed by atoms with van der Waals surface area (Å²) in [5.74, 6) is 1.22. The second-order valence-electron chi connectivity index (χ2n) is 8.02. The molecule has 0 radical (unpaired) electrons. The van der Waals surface area contributed by atoms with E-state index < -0.39 is 5.91 Å². The molecule has 37 heavy (non-hydrogen) atoms. The number of amides is 1. The summed E-state index contributed by atoms with van der Waals surface area (Å²) in [5.41, 5.74) is 3.58. The van der Waals surface area contributed by atoms with Crippen LogP contribution in [0.25, 0.3) is 29.1 Å². The highest BCUT2D eigenvalue weighted by atomic mass is 16.5. The molecular weight excluding hydrogens is 472 g/mol. The molecule has 4 aromatic rings. The Morgan fingerprint density at radius 3 is 2.11 bits per heavy atom. The Kier molecular flexibility index (Phi) is 7.68. The van der Waals surface area contributed by atoms with Crippen molar-refractivity contribution in [3.05, 3.63) is 77.5 Å². The van der Waals surface area contributed by atoms with Crippen LogP contribution in [0.4, 0.5) is 5.69 Å². The largest absolute Gasteiger partial charge is 0.503 e. The van der Waals surface area contributed by atoms with Crippen LogP contribution in [0.5, 0.6) is 28.7 Å². The number of hydrogen-bond donors (Lipinski definition) is 3. The van der Waals surface area contributed by atoms with Gasteiger partial charge < -0.3 is 34.4 Å². The van der Waals surface area contributed by atoms with E-state index in [0.717, 1.165) is 22.0 Å². The first-order valence-electron chi connectivity index (χ1n) is 11.4. The third-order valence-electron chi connectivity index (χ3n) is 5.77. The lowest BCUT2D eigenvalue weighted by molar-refractivity contribution is -0.111. The lowest BCUT2D eigenvalue weighted by atomic mass is 10.1. The molecular formula is C29H28N2O6. The minimum Gasteiger partial charge on any atom is -0.503 e. The highest BCUT2D eigenvalue weighted by molar-refractivity contribution is 6.04. The molecule has 4 rings (SSSR count). The molecule has 1 aromatic heterocycles. The molecule has 0 aliphatic rings. The first-order chi connectivity index (χ1) is 18.0. The number of H-pyrrole nitrogens is 1. The Bertz CT molecular complexity index is 1460. The normalized spacial score (nSPS) is 11.2. The van der Waals surface area contributed by atoms with E-state index in [9.17, 15) is 9.90 Å². The highest BCUT2D eigenvalue weighted by Gasteiger charge is 2.14. The van der Waals surface area contributed by atoms with Crippen LogP contribution < -0.4 is 24.3 Å². The van der Waals surface area contributed by atoms with Gasteiger partial charge in [0.15, 0.2) is 23.0 Å². The molecule has 0 bridgehead atoms. The molecule has 0 aliphatic heterocycles. The Morgan fingerprint density at radius 1 is 0.838 bits per heavy atom. The molecule has 1 amide bonds. The molecule has 190 valence electrons. The summed E-state index contributed by atoms with van der Waals surface area (Å²) in [7, 11) is 6.10. The molecule has 0 aliphatic carbocycles. The van der Waals surface area contributed by atoms with Crippen molar-refractivity contribution in [2.75, 3.05) is 33.8 Å². The fourth-order valence-electron chi connectivity index (χ4n) is 3.94. The number of carbonyl (C=O) groups excluding carboxylic acids is 1. The second-order valence-corrected chi connectivity index (χ2v) is 8.02. The van der Waals surface area contributed by atoms with Gasteiger partial charge in [0.2, 0.25) is 11.7 Å². The van der Waals surface area contributed by atoms with E-state index in [-0.39, 0.29) is 17.2 Å². The topological polar surface area (TPSA) is 102 Å². The number of phenolic OH excluding ortho intramolecular Hbond substituents is 1. The van der Waals surface area contributed by atoms with Gasteiger partial charge in [-0.15, -0.1) is 0 Å². The number of hydrogen-bond acceptors (Lipinski definition) is 6. The standard InChI is InChI=1S/C29H28N2O6/c1-34-24-14-18(9-10-19-15-25(35-2)29(37-4)26(16-19)36-3)13-23(28(24)33)31-27(32)12-11-20-17-30-22-8-6-5-7-21(20)22/h5-17,30,33H,1-4H3,(H,31,32)/b10-9+,12-11+. The van der Waals surface area contributed by atoms with Crippen LogP contribution in [0.3, 0.4) is 0 Å². The van der Waals surface area contributed by atoms with Gasteiger partial charge in [0.1, 0.15) is 0 Å². The van der Waals surface area contributed by atoms with Gasteiger partial charge in [0.05, 0.1) is 34.1 Å². The summed E-state index contributed by atoms with van der Waals surface area (Å²) < 4.78 is 21.5. The number of aromatic hydroxyl groups is 1. The second kappa shape index (κ2) is 11.3. The average Bonchev–Trinajstić information content (AvgIpc) is 3.34. The van der Waals surface area contributed by atoms with Gasteiger partial charge in [-0.05, 0) is 53.1 Å². The summed E-state index contributed by atoms with van der Waals surface area (Å²) in [5, 5.41) is 14.3. The Hall–Kier alpha value is -4.85. The summed E-state index contributed by atoms with van der Waals surface area (Å²) in [6.45, 7) is 0. The fourth-order valence-corrected chi connectivity index (χ4v) is 3.94. The summed E-state index contributed by atoms with van der Waals surface area (Å²) in [6.07, 6.45) is 8.64. The first kappa shape index (κ1) is 25.2. The minimum absolute atomic E-state index is 0.165. The van der Waals surface area contributed by atoms with Crippen LogP contribution in [0.1, 0.15) is 16.7 Å². The van der Waals surface area contributed by atoms with Gasteiger partial charge in [-0.3, -0.25) is 4.79 Å². The predicted octanol–water partition coefficient (Wildman–Crippen LogP) is 5.73. The SMILES string of the molecule is COc1cc(/C=C/c2cc(OC)c(OC)c(OC)c2)cc(NC(=O)/C=C/c2c[nH]c3ccccc23)c1O. The smallest absolute Gasteiger partial charge is 0.248 e. The lowest BCUT2D eigenvalue weighted by Gasteiger charge is -2.13. The van der Waals surface area contributed by atoms with Crippen LogP contribution >= 0.6 is 0 Å². The fraction of sp³-hybridized carbons (Fsp3) is 0.138. The van der Waals surface area contributed by atoms with Crippen molar-refractivity contribution < 1.29 is 28.8 Å². The van der Waals surface area contributed by atoms with Gasteiger partial charge >= 0.3 is 0 Å². The number of ether oxygens (including phenoxy) is 4. The maximum atomic E-state index is 12.7. The number of aromatic amines is 1. The van der Waals surface area contributed by atoms with E-state index in [2.05, 4.69) is 10.3 Å². The summed E-state index contributed by atoms with van der Waals surface area (Å²) in [6, 6.07) is 14.8. The Balaban J connectivity index is 1.58. The molecule has 0 atom stereocenters. The van der Waals surface area contributed by atoms with Crippen molar-refractivity contribution in [2.24, 2.45) is 0 Å². The molecule has 0 fully saturated rings. The van der Waals surface area contributed by atoms with E-state index in [4.69, 9.17) is 18.9 Å². The van der Waals surface area contributed by atoms with Crippen molar-refractivity contribution >= 4 is 40.7 Å². The monoisotopic (exact) mass is 500 g/mol. The molecule has 0 saturated heterocycles. The highest BCUT2D eigenvalue weighted by Crippen LogP contribution is 2.39. The maximum Gasteiger partial charge on any atom is 0.248 e. The molecule has 8 heteroatoms. The van der Waals surface area contributed by atoms with Crippen molar-refractivity contribution in [3.63, 3.8) is 0 Å². The zero-order valence-electron chi connectivity index (χ0n) is 21.0. The van der Waals surface area contributed by atoms with Gasteiger partial charge in [0.25, 0.3) is 0 Å². The number of phenols is 1. The third-order valence-corrected chi connectivity index (χ3v) is 5.77. The number of anilines is 1. The number of aromatic nitrogens is 1. The van der Waals surface area contributed by atoms with E-state index in [0.29, 0.717) is 22.8 Å². The van der Waals surface area contributed by atoms with Crippen LogP contribution in [-0.4, -0.2) is 44.4 Å². The van der Waals surface area contributed by atoms with Crippen molar-refractivity contribution in [1.29, 1.82) is 0 Å². The van der Waals surface area contributed by atoms with Gasteiger partial charge in [-0.2, -0.15) is 0 Å². The average molecular weight is 501 g/mol. The molecule has 0 unspecified atom stereocenters. The molecule has 8 nitrogen and oxygen atoms in total. The van der Waals surface area contributed by atoms with E-state index >= 15 is 0 Å². The number of rotatable bonds is 9. The maximum absolute atomic E-state index is 12.7. The van der Waals surface area contributed by atoms with Gasteiger partial charge in [-0.25, -0.2) is 0 Å². The van der Waals surface area contributed by atoms with Crippen molar-refractivity contribution in [2.45, 2.75) is 0 Å². The van der Waals surface area contributed by atoms with Gasteiger partial charge in [0, 0.05) is 23.2 Å². The number of carbonyl (C=O) groups is 1. The Morgan fingerprint density at radius 2 is 1.46 bits per heavy atom. The van der Waals surface area contributed by atoms with E-state index in [1.807, 2.05) is 54.7 Å². The van der Waals surface area contributed by atoms with Crippen LogP contribution in [-0.2, 0) is 4.79 Å². The minimum atomic E-state index is -0.395. The van der Waals surface area contributed by atoms with Crippen LogP contribution in [0, 0.1) is 0 Å². The lowest BCUT2D eigenvalue weighted by Crippen LogP contribution is -2.08. The predicted molar refractivity (Wildman–Crippen MR) is 146 cm³/mol. The zero-order valence-corrected chi connectivity index (χ0v) is 21.0. The molecule has 1 heterocycles. The molecule has 0 spiro atoms. The van der Waals surface area contributed by atoms with Crippen LogP contribution in [0.2, 0.25) is 0 Å². The number of para-hydroxylation sites is 1. The number of fused-ring (bicyclic) bond motifs is 1. The number of nitrogens with one attached hydrogen (secondary N) is 2.